The molecule has 0 fully saturated rings. The maximum atomic E-state index is 14.4. The molecule has 0 aliphatic carbocycles. The second-order valence-electron chi connectivity index (χ2n) is 11.4. The van der Waals surface area contributed by atoms with Crippen molar-refractivity contribution in [2.75, 3.05) is 18.6 Å². The van der Waals surface area contributed by atoms with E-state index in [2.05, 4.69) is 10.6 Å². The van der Waals surface area contributed by atoms with E-state index in [0.29, 0.717) is 33.7 Å². The number of amides is 3. The predicted molar refractivity (Wildman–Crippen MR) is 175 cm³/mol. The van der Waals surface area contributed by atoms with Gasteiger partial charge >= 0.3 is 5.97 Å². The number of ketones is 1. The highest BCUT2D eigenvalue weighted by atomic mass is 16.5. The van der Waals surface area contributed by atoms with Crippen molar-refractivity contribution in [1.29, 1.82) is 0 Å². The summed E-state index contributed by atoms with van der Waals surface area (Å²) in [6, 6.07) is 30.3. The fourth-order valence-electron chi connectivity index (χ4n) is 5.51. The van der Waals surface area contributed by atoms with Crippen molar-refractivity contribution >= 4 is 35.2 Å². The fraction of sp³-hybridized carbons (Fsp3) is 0.216. The molecule has 0 aromatic heterocycles. The van der Waals surface area contributed by atoms with Gasteiger partial charge in [-0.25, -0.2) is 0 Å². The largest absolute Gasteiger partial charge is 0.481 e. The van der Waals surface area contributed by atoms with Gasteiger partial charge in [-0.15, -0.1) is 0 Å². The third-order valence-electron chi connectivity index (χ3n) is 7.98. The van der Waals surface area contributed by atoms with Crippen LogP contribution in [-0.2, 0) is 30.3 Å². The first-order chi connectivity index (χ1) is 22.6. The molecule has 4 aromatic rings. The number of carbonyl (C=O) groups is 5. The number of carbonyl (C=O) groups excluding carboxylic acids is 5. The van der Waals surface area contributed by atoms with Crippen LogP contribution in [0, 0.1) is 0 Å². The van der Waals surface area contributed by atoms with Crippen molar-refractivity contribution < 1.29 is 33.4 Å². The van der Waals surface area contributed by atoms with Crippen LogP contribution in [0.25, 0.3) is 0 Å². The minimum absolute atomic E-state index is 0.0817. The number of fused-ring (bicyclic) bond motifs is 1. The molecule has 0 radical (unpaired) electrons. The predicted octanol–water partition coefficient (Wildman–Crippen LogP) is 4.18. The van der Waals surface area contributed by atoms with Crippen LogP contribution in [0.1, 0.15) is 47.0 Å². The summed E-state index contributed by atoms with van der Waals surface area (Å²) in [4.78, 5) is 67.7. The normalized spacial score (nSPS) is 17.7. The topological polar surface area (TPSA) is 131 Å². The molecule has 5 rings (SSSR count). The Labute approximate surface area is 272 Å². The third-order valence-corrected chi connectivity index (χ3v) is 7.98. The molecule has 0 saturated carbocycles. The van der Waals surface area contributed by atoms with Gasteiger partial charge in [0.05, 0.1) is 19.2 Å². The third kappa shape index (κ3) is 7.22. The van der Waals surface area contributed by atoms with Crippen LogP contribution in [0.5, 0.6) is 5.75 Å². The van der Waals surface area contributed by atoms with Gasteiger partial charge in [0.25, 0.3) is 5.91 Å². The molecule has 0 saturated heterocycles. The number of benzene rings is 4. The van der Waals surface area contributed by atoms with Gasteiger partial charge < -0.3 is 20.1 Å². The maximum absolute atomic E-state index is 14.4. The summed E-state index contributed by atoms with van der Waals surface area (Å²) in [6.07, 6.45) is -1.08. The summed E-state index contributed by atoms with van der Waals surface area (Å²) in [7, 11) is 1.22. The van der Waals surface area contributed by atoms with Gasteiger partial charge in [-0.1, -0.05) is 91.0 Å². The Hall–Kier alpha value is -5.77. The molecule has 3 atom stereocenters. The van der Waals surface area contributed by atoms with Crippen molar-refractivity contribution in [3.8, 4) is 5.75 Å². The lowest BCUT2D eigenvalue weighted by atomic mass is 9.87. The number of anilines is 1. The number of esters is 1. The minimum atomic E-state index is -1.73. The van der Waals surface area contributed by atoms with Crippen LogP contribution < -0.4 is 20.3 Å². The maximum Gasteiger partial charge on any atom is 0.325 e. The molecule has 10 heteroatoms. The van der Waals surface area contributed by atoms with E-state index in [1.54, 1.807) is 97.1 Å². The van der Waals surface area contributed by atoms with E-state index < -0.39 is 47.9 Å². The van der Waals surface area contributed by atoms with Crippen molar-refractivity contribution in [2.24, 2.45) is 0 Å². The quantitative estimate of drug-likeness (QED) is 0.198. The van der Waals surface area contributed by atoms with E-state index in [9.17, 15) is 24.0 Å². The van der Waals surface area contributed by atoms with Gasteiger partial charge in [0.2, 0.25) is 11.8 Å². The number of methoxy groups -OCH3 is 1. The summed E-state index contributed by atoms with van der Waals surface area (Å²) in [5, 5.41) is 5.53. The zero-order valence-corrected chi connectivity index (χ0v) is 26.3. The summed E-state index contributed by atoms with van der Waals surface area (Å²) in [5.41, 5.74) is 0.799. The lowest BCUT2D eigenvalue weighted by molar-refractivity contribution is -0.141. The Bertz CT molecular complexity index is 1790. The first kappa shape index (κ1) is 32.6. The van der Waals surface area contributed by atoms with Crippen LogP contribution in [-0.4, -0.2) is 54.7 Å². The zero-order chi connectivity index (χ0) is 33.6. The highest BCUT2D eigenvalue weighted by Crippen LogP contribution is 2.42. The number of para-hydroxylation sites is 2. The second-order valence-corrected chi connectivity index (χ2v) is 11.4. The molecule has 240 valence electrons. The number of nitrogens with one attached hydrogen (secondary N) is 2. The highest BCUT2D eigenvalue weighted by molar-refractivity contribution is 6.09. The molecule has 0 bridgehead atoms. The fourth-order valence-corrected chi connectivity index (χ4v) is 5.51. The Balaban J connectivity index is 1.36. The summed E-state index contributed by atoms with van der Waals surface area (Å²) in [5.74, 6) is -2.18. The number of ether oxygens (including phenoxy) is 2. The molecule has 4 aromatic carbocycles. The molecule has 0 spiro atoms. The molecule has 1 aliphatic heterocycles. The highest BCUT2D eigenvalue weighted by Gasteiger charge is 2.51. The molecular weight excluding hydrogens is 598 g/mol. The average molecular weight is 634 g/mol. The monoisotopic (exact) mass is 633 g/mol. The molecule has 10 nitrogen and oxygen atoms in total. The average Bonchev–Trinajstić information content (AvgIpc) is 3.17. The molecule has 3 amide bonds. The van der Waals surface area contributed by atoms with E-state index in [4.69, 9.17) is 9.47 Å². The summed E-state index contributed by atoms with van der Waals surface area (Å²) < 4.78 is 11.3. The lowest BCUT2D eigenvalue weighted by Crippen LogP contribution is -2.64. The van der Waals surface area contributed by atoms with Gasteiger partial charge in [-0.05, 0) is 43.2 Å². The van der Waals surface area contributed by atoms with Crippen LogP contribution in [0.4, 0.5) is 5.69 Å². The molecule has 1 aliphatic rings. The molecular formula is C37H35N3O7. The van der Waals surface area contributed by atoms with Crippen LogP contribution in [0.3, 0.4) is 0 Å². The first-order valence-electron chi connectivity index (χ1n) is 15.1. The first-order valence-corrected chi connectivity index (χ1v) is 15.1. The minimum Gasteiger partial charge on any atom is -0.481 e. The van der Waals surface area contributed by atoms with E-state index >= 15 is 0 Å². The molecule has 1 heterocycles. The van der Waals surface area contributed by atoms with Gasteiger partial charge in [0, 0.05) is 11.1 Å². The standard InChI is InChI=1S/C37H35N3O7/c1-24(38-31(41)22-25-13-12-18-28(21-25)33(43)26-14-6-4-7-15-26)35(44)39-37(2)34(27-16-8-5-9-17-27)47-30-20-11-10-19-29(30)40(36(37)45)23-32(42)46-3/h4-21,24,34H,22-23H2,1-3H3,(H,38,41)(H,39,44)/t24-,34+,37+/m0/s1. The second kappa shape index (κ2) is 14.1. The number of rotatable bonds is 10. The summed E-state index contributed by atoms with van der Waals surface area (Å²) in [6.45, 7) is 2.62. The molecule has 47 heavy (non-hydrogen) atoms. The van der Waals surface area contributed by atoms with E-state index in [0.717, 1.165) is 0 Å². The van der Waals surface area contributed by atoms with Crippen molar-refractivity contribution in [1.82, 2.24) is 10.6 Å². The number of hydrogen-bond donors (Lipinski definition) is 2. The Kier molecular flexibility index (Phi) is 9.80. The lowest BCUT2D eigenvalue weighted by Gasteiger charge is -2.37. The van der Waals surface area contributed by atoms with E-state index in [-0.39, 0.29) is 12.2 Å². The van der Waals surface area contributed by atoms with Crippen molar-refractivity contribution in [3.63, 3.8) is 0 Å². The van der Waals surface area contributed by atoms with Crippen LogP contribution >= 0.6 is 0 Å². The Morgan fingerprint density at radius 2 is 1.51 bits per heavy atom. The van der Waals surface area contributed by atoms with Crippen LogP contribution in [0.2, 0.25) is 0 Å². The molecule has 2 N–H and O–H groups in total. The zero-order valence-electron chi connectivity index (χ0n) is 26.3. The Morgan fingerprint density at radius 1 is 0.872 bits per heavy atom. The van der Waals surface area contributed by atoms with E-state index in [1.807, 2.05) is 12.1 Å². The Morgan fingerprint density at radius 3 is 2.21 bits per heavy atom. The number of hydrogen-bond acceptors (Lipinski definition) is 7. The summed E-state index contributed by atoms with van der Waals surface area (Å²) >= 11 is 0. The van der Waals surface area contributed by atoms with Gasteiger partial charge in [-0.2, -0.15) is 0 Å². The molecule has 0 unspecified atom stereocenters. The van der Waals surface area contributed by atoms with Gasteiger partial charge in [0.15, 0.2) is 17.4 Å². The van der Waals surface area contributed by atoms with Crippen molar-refractivity contribution in [2.45, 2.75) is 38.0 Å². The number of nitrogens with zero attached hydrogens (tertiary/aromatic N) is 1. The SMILES string of the molecule is COC(=O)CN1C(=O)[C@](C)(NC(=O)[C@H](C)NC(=O)Cc2cccc(C(=O)c3ccccc3)c2)[C@@H](c2ccccc2)Oc2ccccc21. The van der Waals surface area contributed by atoms with Gasteiger partial charge in [0.1, 0.15) is 18.3 Å². The van der Waals surface area contributed by atoms with Gasteiger partial charge in [-0.3, -0.25) is 28.9 Å². The van der Waals surface area contributed by atoms with Crippen LogP contribution in [0.15, 0.2) is 109 Å². The van der Waals surface area contributed by atoms with Crippen molar-refractivity contribution in [3.05, 3.63) is 131 Å². The van der Waals surface area contributed by atoms with E-state index in [1.165, 1.54) is 25.9 Å². The smallest absolute Gasteiger partial charge is 0.325 e.